The molecule has 0 fully saturated rings. The molecule has 1 atom stereocenters. The normalized spacial score (nSPS) is 13.1. The van der Waals surface area contributed by atoms with Crippen molar-refractivity contribution in [1.82, 2.24) is 5.32 Å². The van der Waals surface area contributed by atoms with Gasteiger partial charge in [0.1, 0.15) is 6.04 Å². The van der Waals surface area contributed by atoms with Crippen molar-refractivity contribution in [2.45, 2.75) is 12.5 Å². The average Bonchev–Trinajstić information content (AvgIpc) is 2.98. The minimum Gasteiger partial charge on any atom is -0.467 e. The fourth-order valence-corrected chi connectivity index (χ4v) is 4.65. The molecule has 1 aliphatic rings. The molecule has 0 spiro atoms. The number of rotatable bonds is 8. The lowest BCUT2D eigenvalue weighted by molar-refractivity contribution is -0.145. The van der Waals surface area contributed by atoms with E-state index >= 15 is 0 Å². The molecule has 1 unspecified atom stereocenters. The van der Waals surface area contributed by atoms with Crippen LogP contribution in [0.2, 0.25) is 0 Å². The van der Waals surface area contributed by atoms with E-state index in [1.165, 1.54) is 31.4 Å². The second-order valence-electron chi connectivity index (χ2n) is 9.11. The molecule has 0 aliphatic carbocycles. The highest BCUT2D eigenvalue weighted by molar-refractivity contribution is 6.35. The molecule has 4 aromatic carbocycles. The summed E-state index contributed by atoms with van der Waals surface area (Å²) in [5.74, 6) is -3.01. The number of ether oxygens (including phenoxy) is 2. The van der Waals surface area contributed by atoms with Crippen molar-refractivity contribution in [3.05, 3.63) is 113 Å². The molecule has 1 heterocycles. The first-order chi connectivity index (χ1) is 19.4. The number of nitrogens with zero attached hydrogens (tertiary/aromatic N) is 1. The number of methoxy groups -OCH3 is 1. The molecule has 9 nitrogen and oxygen atoms in total. The first kappa shape index (κ1) is 26.3. The first-order valence-corrected chi connectivity index (χ1v) is 12.5. The van der Waals surface area contributed by atoms with Crippen molar-refractivity contribution in [2.75, 3.05) is 18.6 Å². The lowest BCUT2D eigenvalue weighted by atomic mass is 9.94. The van der Waals surface area contributed by atoms with E-state index in [1.807, 2.05) is 42.5 Å². The summed E-state index contributed by atoms with van der Waals surface area (Å²) < 4.78 is 9.90. The monoisotopic (exact) mass is 536 g/mol. The third-order valence-corrected chi connectivity index (χ3v) is 6.57. The van der Waals surface area contributed by atoms with Gasteiger partial charge < -0.3 is 14.8 Å². The molecule has 200 valence electrons. The highest BCUT2D eigenvalue weighted by Crippen LogP contribution is 2.32. The summed E-state index contributed by atoms with van der Waals surface area (Å²) >= 11 is 0. The molecule has 0 saturated heterocycles. The topological polar surface area (TPSA) is 119 Å². The number of anilines is 1. The van der Waals surface area contributed by atoms with Gasteiger partial charge in [-0.2, -0.15) is 0 Å². The van der Waals surface area contributed by atoms with E-state index in [1.54, 1.807) is 24.3 Å². The molecular weight excluding hydrogens is 512 g/mol. The van der Waals surface area contributed by atoms with Gasteiger partial charge in [-0.05, 0) is 47.3 Å². The van der Waals surface area contributed by atoms with Gasteiger partial charge in [0.15, 0.2) is 6.61 Å². The molecule has 3 amide bonds. The van der Waals surface area contributed by atoms with Crippen LogP contribution in [0.3, 0.4) is 0 Å². The van der Waals surface area contributed by atoms with Crippen molar-refractivity contribution in [1.29, 1.82) is 0 Å². The second-order valence-corrected chi connectivity index (χ2v) is 9.11. The van der Waals surface area contributed by atoms with Crippen LogP contribution < -0.4 is 10.2 Å². The molecule has 0 saturated carbocycles. The predicted octanol–water partition coefficient (Wildman–Crippen LogP) is 3.70. The molecule has 0 radical (unpaired) electrons. The molecule has 40 heavy (non-hydrogen) atoms. The third-order valence-electron chi connectivity index (χ3n) is 6.57. The molecule has 0 aromatic heterocycles. The number of carbonyl (C=O) groups is 5. The Morgan fingerprint density at radius 1 is 0.800 bits per heavy atom. The Morgan fingerprint density at radius 3 is 2.02 bits per heavy atom. The van der Waals surface area contributed by atoms with E-state index in [0.29, 0.717) is 16.5 Å². The smallest absolute Gasteiger partial charge is 0.338 e. The highest BCUT2D eigenvalue weighted by Gasteiger charge is 2.34. The Balaban J connectivity index is 1.23. The number of nitrogens with one attached hydrogen (secondary N) is 1. The zero-order valence-corrected chi connectivity index (χ0v) is 21.5. The van der Waals surface area contributed by atoms with Crippen molar-refractivity contribution >= 4 is 46.1 Å². The quantitative estimate of drug-likeness (QED) is 0.269. The molecule has 0 bridgehead atoms. The maximum absolute atomic E-state index is 13.2. The summed E-state index contributed by atoms with van der Waals surface area (Å²) in [6.07, 6.45) is 0.210. The van der Waals surface area contributed by atoms with Crippen molar-refractivity contribution < 1.29 is 33.4 Å². The zero-order valence-electron chi connectivity index (χ0n) is 21.5. The van der Waals surface area contributed by atoms with Gasteiger partial charge in [-0.25, -0.2) is 14.5 Å². The maximum Gasteiger partial charge on any atom is 0.338 e. The van der Waals surface area contributed by atoms with E-state index in [-0.39, 0.29) is 17.7 Å². The van der Waals surface area contributed by atoms with Crippen LogP contribution >= 0.6 is 0 Å². The largest absolute Gasteiger partial charge is 0.467 e. The fourth-order valence-electron chi connectivity index (χ4n) is 4.65. The number of benzene rings is 4. The van der Waals surface area contributed by atoms with Gasteiger partial charge in [0.25, 0.3) is 17.7 Å². The van der Waals surface area contributed by atoms with E-state index in [9.17, 15) is 24.0 Å². The number of imide groups is 1. The van der Waals surface area contributed by atoms with Crippen molar-refractivity contribution in [3.8, 4) is 0 Å². The van der Waals surface area contributed by atoms with Gasteiger partial charge in [-0.15, -0.1) is 0 Å². The van der Waals surface area contributed by atoms with E-state index in [4.69, 9.17) is 9.47 Å². The van der Waals surface area contributed by atoms with E-state index < -0.39 is 42.3 Å². The summed E-state index contributed by atoms with van der Waals surface area (Å²) in [5.41, 5.74) is 2.06. The van der Waals surface area contributed by atoms with Crippen LogP contribution in [0.5, 0.6) is 0 Å². The molecule has 4 aromatic rings. The van der Waals surface area contributed by atoms with Crippen LogP contribution in [0, 0.1) is 0 Å². The van der Waals surface area contributed by atoms with Crippen LogP contribution in [-0.4, -0.2) is 49.4 Å². The Bertz CT molecular complexity index is 1580. The number of amides is 3. The summed E-state index contributed by atoms with van der Waals surface area (Å²) in [6.45, 7) is -0.618. The second kappa shape index (κ2) is 11.2. The summed E-state index contributed by atoms with van der Waals surface area (Å²) in [6, 6.07) is 24.5. The van der Waals surface area contributed by atoms with Crippen LogP contribution in [0.4, 0.5) is 5.69 Å². The Morgan fingerprint density at radius 2 is 1.43 bits per heavy atom. The lowest BCUT2D eigenvalue weighted by Gasteiger charge is -2.27. The Labute approximate surface area is 229 Å². The summed E-state index contributed by atoms with van der Waals surface area (Å²) in [7, 11) is 1.22. The number of carbonyl (C=O) groups excluding carboxylic acids is 5. The van der Waals surface area contributed by atoms with Crippen molar-refractivity contribution in [2.24, 2.45) is 0 Å². The van der Waals surface area contributed by atoms with Gasteiger partial charge >= 0.3 is 11.9 Å². The summed E-state index contributed by atoms with van der Waals surface area (Å²) in [5, 5.41) is 3.95. The van der Waals surface area contributed by atoms with Crippen molar-refractivity contribution in [3.63, 3.8) is 0 Å². The Kier molecular flexibility index (Phi) is 7.37. The zero-order chi connectivity index (χ0) is 28.2. The van der Waals surface area contributed by atoms with E-state index in [0.717, 1.165) is 15.8 Å². The van der Waals surface area contributed by atoms with Gasteiger partial charge in [0.2, 0.25) is 0 Å². The average molecular weight is 537 g/mol. The van der Waals surface area contributed by atoms with Crippen LogP contribution in [0.25, 0.3) is 10.8 Å². The van der Waals surface area contributed by atoms with Crippen LogP contribution in [0.1, 0.15) is 36.6 Å². The number of hydrogen-bond donors (Lipinski definition) is 1. The highest BCUT2D eigenvalue weighted by atomic mass is 16.5. The van der Waals surface area contributed by atoms with Gasteiger partial charge in [-0.3, -0.25) is 14.4 Å². The number of hydrogen-bond acceptors (Lipinski definition) is 7. The Hall–Kier alpha value is -5.31. The summed E-state index contributed by atoms with van der Waals surface area (Å²) in [4.78, 5) is 64.7. The molecule has 5 rings (SSSR count). The van der Waals surface area contributed by atoms with Gasteiger partial charge in [0, 0.05) is 22.9 Å². The van der Waals surface area contributed by atoms with Gasteiger partial charge in [0.05, 0.1) is 18.4 Å². The lowest BCUT2D eigenvalue weighted by Crippen LogP contribution is -2.44. The number of esters is 2. The molecule has 1 aliphatic heterocycles. The minimum atomic E-state index is -0.950. The molecular formula is C31H24N2O7. The standard InChI is InChI=1S/C31H24N2O7/c1-39-31(38)25(17-19-7-3-2-4-8-19)32-26(34)18-40-30(37)21-13-15-22(16-14-21)33-28(35)23-11-5-9-20-10-6-12-24(27(20)23)29(33)36/h2-16,25H,17-18H2,1H3,(H,32,34). The predicted molar refractivity (Wildman–Crippen MR) is 146 cm³/mol. The molecule has 1 N–H and O–H groups in total. The first-order valence-electron chi connectivity index (χ1n) is 12.5. The SMILES string of the molecule is COC(=O)C(Cc1ccccc1)NC(=O)COC(=O)c1ccc(N2C(=O)c3cccc4cccc(c34)C2=O)cc1. The van der Waals surface area contributed by atoms with Gasteiger partial charge in [-0.1, -0.05) is 54.6 Å². The van der Waals surface area contributed by atoms with E-state index in [2.05, 4.69) is 5.32 Å². The molecule has 9 heteroatoms. The maximum atomic E-state index is 13.2. The third kappa shape index (κ3) is 5.17. The van der Waals surface area contributed by atoms with Crippen LogP contribution in [-0.2, 0) is 25.5 Å². The van der Waals surface area contributed by atoms with Crippen LogP contribution in [0.15, 0.2) is 91.0 Å². The minimum absolute atomic E-state index is 0.116. The fraction of sp³-hybridized carbons (Fsp3) is 0.129.